The smallest absolute Gasteiger partial charge is 0.293 e. The molecule has 0 spiro atoms. The Morgan fingerprint density at radius 2 is 1.60 bits per heavy atom. The quantitative estimate of drug-likeness (QED) is 0.116. The summed E-state index contributed by atoms with van der Waals surface area (Å²) >= 11 is 3.10. The molecular weight excluding hydrogens is 582 g/mol. The molecule has 0 aromatic heterocycles. The summed E-state index contributed by atoms with van der Waals surface area (Å²) in [5.74, 6) is -0.579. The van der Waals surface area contributed by atoms with Crippen molar-refractivity contribution in [1.82, 2.24) is 0 Å². The van der Waals surface area contributed by atoms with Crippen LogP contribution in [0.1, 0.15) is 88.1 Å². The average Bonchev–Trinajstić information content (AvgIpc) is 2.88. The number of ketones is 1. The van der Waals surface area contributed by atoms with Crippen LogP contribution in [0, 0.1) is 5.82 Å². The standard InChI is InChI=1S/C18H21BrF3NO.C12H15F.C2H6.CH4/c1-7-14(8-2)15(9-3)10-16(18(20,21)22)12(5)23-17(11(4)19)13(6)24;1-3-6-10(4-2)11-7-5-8-12(13)9-11;1-2;/h7-10H,1H2,2-6H3;5-9H,3-4H2,1-2H3;1-2H3;1H4/b14-8+,15-9+,16-10+,17-11+,23-12-;10-6+;;. The molecule has 0 bridgehead atoms. The van der Waals surface area contributed by atoms with Gasteiger partial charge in [-0.15, -0.1) is 0 Å². The van der Waals surface area contributed by atoms with Crippen LogP contribution in [0.5, 0.6) is 0 Å². The Balaban J connectivity index is -0.000000720. The largest absolute Gasteiger partial charge is 0.418 e. The maximum atomic E-state index is 13.5. The van der Waals surface area contributed by atoms with Crippen LogP contribution in [0.2, 0.25) is 0 Å². The minimum Gasteiger partial charge on any atom is -0.293 e. The van der Waals surface area contributed by atoms with Gasteiger partial charge >= 0.3 is 6.18 Å². The second-order valence-corrected chi connectivity index (χ2v) is 9.07. The number of alkyl halides is 3. The van der Waals surface area contributed by atoms with Crippen LogP contribution in [0.3, 0.4) is 0 Å². The number of hydrogen-bond acceptors (Lipinski definition) is 2. The minimum atomic E-state index is -4.61. The first-order valence-electron chi connectivity index (χ1n) is 12.9. The van der Waals surface area contributed by atoms with E-state index in [4.69, 9.17) is 0 Å². The van der Waals surface area contributed by atoms with E-state index in [2.05, 4.69) is 47.4 Å². The third-order valence-corrected chi connectivity index (χ3v) is 5.51. The third-order valence-electron chi connectivity index (χ3n) is 5.14. The van der Waals surface area contributed by atoms with Gasteiger partial charge in [-0.3, -0.25) is 4.79 Å². The number of hydrogen-bond donors (Lipinski definition) is 0. The number of nitrogens with zero attached hydrogens (tertiary/aromatic N) is 1. The van der Waals surface area contributed by atoms with Gasteiger partial charge in [-0.1, -0.05) is 94.1 Å². The maximum Gasteiger partial charge on any atom is 0.418 e. The maximum absolute atomic E-state index is 13.5. The molecule has 0 heterocycles. The van der Waals surface area contributed by atoms with Crippen molar-refractivity contribution < 1.29 is 22.4 Å². The van der Waals surface area contributed by atoms with E-state index in [-0.39, 0.29) is 24.7 Å². The van der Waals surface area contributed by atoms with Crippen LogP contribution < -0.4 is 0 Å². The highest BCUT2D eigenvalue weighted by molar-refractivity contribution is 9.11. The number of halogens is 5. The fourth-order valence-corrected chi connectivity index (χ4v) is 3.68. The highest BCUT2D eigenvalue weighted by Crippen LogP contribution is 2.30. The number of carbonyl (C=O) groups excluding carboxylic acids is 1. The molecule has 0 unspecified atom stereocenters. The monoisotopic (exact) mass is 627 g/mol. The van der Waals surface area contributed by atoms with Crippen LogP contribution in [0.15, 0.2) is 93.1 Å². The summed E-state index contributed by atoms with van der Waals surface area (Å²) < 4.78 is 53.6. The summed E-state index contributed by atoms with van der Waals surface area (Å²) in [5, 5.41) is 0. The van der Waals surface area contributed by atoms with E-state index in [1.165, 1.54) is 31.6 Å². The summed E-state index contributed by atoms with van der Waals surface area (Å²) in [4.78, 5) is 15.4. The van der Waals surface area contributed by atoms with E-state index in [1.807, 2.05) is 19.9 Å². The van der Waals surface area contributed by atoms with Crippen molar-refractivity contribution in [2.24, 2.45) is 4.99 Å². The molecule has 0 saturated heterocycles. The molecule has 1 aromatic carbocycles. The summed E-state index contributed by atoms with van der Waals surface area (Å²) in [7, 11) is 0. The number of carbonyl (C=O) groups is 1. The van der Waals surface area contributed by atoms with Gasteiger partial charge in [0.1, 0.15) is 11.5 Å². The molecule has 0 aliphatic heterocycles. The second kappa shape index (κ2) is 22.0. The van der Waals surface area contributed by atoms with Crippen LogP contribution in [-0.2, 0) is 4.79 Å². The lowest BCUT2D eigenvalue weighted by Gasteiger charge is -2.14. The fourth-order valence-electron chi connectivity index (χ4n) is 3.31. The highest BCUT2D eigenvalue weighted by Gasteiger charge is 2.36. The number of Topliss-reactive ketones (excluding diaryl/α,β-unsaturated/α-hetero) is 1. The van der Waals surface area contributed by atoms with Crippen molar-refractivity contribution in [3.8, 4) is 0 Å². The number of allylic oxidation sites excluding steroid dienone is 11. The minimum absolute atomic E-state index is 0. The fraction of sp³-hybridized carbons (Fsp3) is 0.394. The first kappa shape index (κ1) is 41.7. The second-order valence-electron chi connectivity index (χ2n) is 7.88. The molecule has 7 heteroatoms. The molecule has 0 amide bonds. The topological polar surface area (TPSA) is 29.4 Å². The molecule has 0 fully saturated rings. The Hall–Kier alpha value is -2.80. The summed E-state index contributed by atoms with van der Waals surface area (Å²) in [6.07, 6.45) is 5.22. The molecule has 2 nitrogen and oxygen atoms in total. The lowest BCUT2D eigenvalue weighted by molar-refractivity contribution is -0.113. The SMILES string of the molecule is C.C=CC(=C\C)/C(=C/C)/C=C(\C(C)=N/C(C(C)=O)=C(\C)Br)C(F)(F)F.CC.CC/C=C(\CC)c1cccc(F)c1. The normalized spacial score (nSPS) is 13.6. The third kappa shape index (κ3) is 15.1. The molecule has 0 radical (unpaired) electrons. The first-order valence-corrected chi connectivity index (χ1v) is 13.7. The Kier molecular flexibility index (Phi) is 22.9. The summed E-state index contributed by atoms with van der Waals surface area (Å²) in [5.41, 5.74) is 1.94. The van der Waals surface area contributed by atoms with Crippen LogP contribution in [-0.4, -0.2) is 17.7 Å². The number of rotatable bonds is 9. The van der Waals surface area contributed by atoms with Crippen molar-refractivity contribution >= 4 is 33.0 Å². The zero-order chi connectivity index (χ0) is 30.8. The predicted molar refractivity (Wildman–Crippen MR) is 170 cm³/mol. The number of aliphatic imine (C=N–C) groups is 1. The zero-order valence-electron chi connectivity index (χ0n) is 24.6. The van der Waals surface area contributed by atoms with Gasteiger partial charge in [0.15, 0.2) is 5.78 Å². The molecule has 0 N–H and O–H groups in total. The lowest BCUT2D eigenvalue weighted by Crippen LogP contribution is -2.19. The van der Waals surface area contributed by atoms with E-state index < -0.39 is 17.5 Å². The van der Waals surface area contributed by atoms with Gasteiger partial charge < -0.3 is 0 Å². The molecule has 0 saturated carbocycles. The Labute approximate surface area is 248 Å². The first-order chi connectivity index (χ1) is 18.3. The van der Waals surface area contributed by atoms with Crippen molar-refractivity contribution in [3.63, 3.8) is 0 Å². The molecular formula is C33H46BrF4NO. The molecule has 0 aliphatic carbocycles. The molecule has 224 valence electrons. The average molecular weight is 629 g/mol. The Bertz CT molecular complexity index is 1130. The highest BCUT2D eigenvalue weighted by atomic mass is 79.9. The van der Waals surface area contributed by atoms with E-state index in [1.54, 1.807) is 45.1 Å². The van der Waals surface area contributed by atoms with Gasteiger partial charge in [0.2, 0.25) is 0 Å². The summed E-state index contributed by atoms with van der Waals surface area (Å²) in [6.45, 7) is 19.2. The van der Waals surface area contributed by atoms with Crippen molar-refractivity contribution in [2.75, 3.05) is 0 Å². The van der Waals surface area contributed by atoms with Crippen LogP contribution in [0.25, 0.3) is 5.57 Å². The van der Waals surface area contributed by atoms with Crippen LogP contribution in [0.4, 0.5) is 17.6 Å². The van der Waals surface area contributed by atoms with E-state index in [0.717, 1.165) is 24.5 Å². The van der Waals surface area contributed by atoms with Gasteiger partial charge in [0.05, 0.1) is 11.3 Å². The van der Waals surface area contributed by atoms with Crippen LogP contribution >= 0.6 is 15.9 Å². The van der Waals surface area contributed by atoms with Gasteiger partial charge in [-0.2, -0.15) is 13.2 Å². The molecule has 1 aromatic rings. The predicted octanol–water partition coefficient (Wildman–Crippen LogP) is 11.9. The molecule has 40 heavy (non-hydrogen) atoms. The zero-order valence-corrected chi connectivity index (χ0v) is 26.1. The molecule has 0 atom stereocenters. The van der Waals surface area contributed by atoms with Crippen molar-refractivity contribution in [1.29, 1.82) is 0 Å². The number of benzene rings is 1. The van der Waals surface area contributed by atoms with Gasteiger partial charge in [0.25, 0.3) is 0 Å². The lowest BCUT2D eigenvalue weighted by atomic mass is 10.00. The van der Waals surface area contributed by atoms with Gasteiger partial charge in [0, 0.05) is 11.4 Å². The van der Waals surface area contributed by atoms with Gasteiger partial charge in [-0.25, -0.2) is 9.38 Å². The van der Waals surface area contributed by atoms with Crippen molar-refractivity contribution in [2.45, 2.75) is 88.8 Å². The van der Waals surface area contributed by atoms with Crippen molar-refractivity contribution in [3.05, 3.63) is 99.5 Å². The molecule has 1 rings (SSSR count). The summed E-state index contributed by atoms with van der Waals surface area (Å²) in [6, 6.07) is 6.77. The van der Waals surface area contributed by atoms with E-state index in [0.29, 0.717) is 15.6 Å². The van der Waals surface area contributed by atoms with E-state index in [9.17, 15) is 22.4 Å². The molecule has 0 aliphatic rings. The van der Waals surface area contributed by atoms with E-state index >= 15 is 0 Å². The Morgan fingerprint density at radius 3 is 1.95 bits per heavy atom. The van der Waals surface area contributed by atoms with Gasteiger partial charge in [-0.05, 0) is 81.0 Å². The Morgan fingerprint density at radius 1 is 1.05 bits per heavy atom.